The average molecular weight is 726 g/mol. The minimum Gasteiger partial charge on any atom is -0.444 e. The number of anilines is 2. The highest BCUT2D eigenvalue weighted by atomic mass is 16.6. The van der Waals surface area contributed by atoms with Crippen LogP contribution in [-0.4, -0.2) is 79.0 Å². The first-order valence-corrected chi connectivity index (χ1v) is 18.1. The summed E-state index contributed by atoms with van der Waals surface area (Å²) in [5.74, 6) is 0.820. The Hall–Kier alpha value is -5.25. The second-order valence-corrected chi connectivity index (χ2v) is 16.6. The Bertz CT molecular complexity index is 1860. The minimum atomic E-state index is -0.802. The number of hydrogen-bond acceptors (Lipinski definition) is 10. The predicted octanol–water partition coefficient (Wildman–Crippen LogP) is 8.50. The number of hydrogen-bond donors (Lipinski definition) is 0. The summed E-state index contributed by atoms with van der Waals surface area (Å²) >= 11 is 0. The van der Waals surface area contributed by atoms with Gasteiger partial charge in [-0.1, -0.05) is 0 Å². The lowest BCUT2D eigenvalue weighted by Crippen LogP contribution is -2.50. The average Bonchev–Trinajstić information content (AvgIpc) is 3.91. The van der Waals surface area contributed by atoms with Crippen molar-refractivity contribution in [1.82, 2.24) is 24.8 Å². The van der Waals surface area contributed by atoms with Crippen LogP contribution in [0.3, 0.4) is 0 Å². The summed E-state index contributed by atoms with van der Waals surface area (Å²) in [4.78, 5) is 58.8. The molecule has 0 N–H and O–H groups in total. The van der Waals surface area contributed by atoms with Gasteiger partial charge in [0, 0.05) is 43.3 Å². The molecule has 13 heteroatoms. The molecular weight excluding hydrogens is 674 g/mol. The smallest absolute Gasteiger partial charge is 0.421 e. The lowest BCUT2D eigenvalue weighted by Gasteiger charge is -2.39. The van der Waals surface area contributed by atoms with Gasteiger partial charge in [0.05, 0.1) is 23.9 Å². The maximum absolute atomic E-state index is 13.8. The molecule has 3 amide bonds. The first-order valence-electron chi connectivity index (χ1n) is 18.1. The van der Waals surface area contributed by atoms with E-state index in [2.05, 4.69) is 16.0 Å². The molecule has 4 heterocycles. The standard InChI is InChI=1S/C40H51N7O6/c1-38(2,3)51-35(48)45-16-13-31(14-17-45)46(36(49)52-39(4,5)6)25-27-18-30(24-42-23-27)32-20-29(28-10-11-28)21-34(44-32)47(37(50)53-40(7,8)9)33-19-26(22-41)12-15-43-33/h12,15,18-21,23-24,28,31H,10-11,13-14,16-17,25H2,1-9H3. The summed E-state index contributed by atoms with van der Waals surface area (Å²) in [6.07, 6.45) is 6.53. The van der Waals surface area contributed by atoms with Crippen molar-refractivity contribution in [1.29, 1.82) is 5.26 Å². The summed E-state index contributed by atoms with van der Waals surface area (Å²) in [7, 11) is 0. The monoisotopic (exact) mass is 725 g/mol. The van der Waals surface area contributed by atoms with Crippen LogP contribution in [0, 0.1) is 11.3 Å². The molecule has 282 valence electrons. The molecule has 0 atom stereocenters. The van der Waals surface area contributed by atoms with E-state index in [9.17, 15) is 19.6 Å². The fourth-order valence-corrected chi connectivity index (χ4v) is 5.93. The first kappa shape index (κ1) is 39.0. The fourth-order valence-electron chi connectivity index (χ4n) is 5.93. The Morgan fingerprint density at radius 2 is 1.47 bits per heavy atom. The number of carbonyl (C=O) groups is 3. The van der Waals surface area contributed by atoms with E-state index in [0.717, 1.165) is 24.0 Å². The zero-order valence-corrected chi connectivity index (χ0v) is 32.3. The molecule has 1 saturated heterocycles. The molecule has 3 aromatic heterocycles. The molecule has 1 saturated carbocycles. The molecular formula is C40H51N7O6. The van der Waals surface area contributed by atoms with Crippen molar-refractivity contribution in [3.05, 3.63) is 65.6 Å². The number of likely N-dealkylation sites (tertiary alicyclic amines) is 1. The van der Waals surface area contributed by atoms with E-state index in [0.29, 0.717) is 54.5 Å². The molecule has 13 nitrogen and oxygen atoms in total. The van der Waals surface area contributed by atoms with Gasteiger partial charge in [0.25, 0.3) is 0 Å². The van der Waals surface area contributed by atoms with E-state index in [-0.39, 0.29) is 24.5 Å². The molecule has 1 aliphatic heterocycles. The number of nitriles is 1. The van der Waals surface area contributed by atoms with E-state index in [1.165, 1.54) is 17.2 Å². The van der Waals surface area contributed by atoms with Crippen molar-refractivity contribution in [2.24, 2.45) is 0 Å². The topological polar surface area (TPSA) is 151 Å². The van der Waals surface area contributed by atoms with E-state index < -0.39 is 29.0 Å². The van der Waals surface area contributed by atoms with Gasteiger partial charge in [-0.2, -0.15) is 5.26 Å². The normalized spacial score (nSPS) is 15.3. The third kappa shape index (κ3) is 10.9. The van der Waals surface area contributed by atoms with Crippen LogP contribution in [0.5, 0.6) is 0 Å². The Balaban J connectivity index is 1.47. The van der Waals surface area contributed by atoms with Crippen LogP contribution in [0.4, 0.5) is 26.0 Å². The Morgan fingerprint density at radius 1 is 0.830 bits per heavy atom. The van der Waals surface area contributed by atoms with E-state index in [1.54, 1.807) is 49.0 Å². The zero-order valence-electron chi connectivity index (χ0n) is 32.3. The molecule has 0 unspecified atom stereocenters. The summed E-state index contributed by atoms with van der Waals surface area (Å²) in [5, 5.41) is 9.60. The number of nitrogens with zero attached hydrogens (tertiary/aromatic N) is 7. The van der Waals surface area contributed by atoms with E-state index in [4.69, 9.17) is 19.2 Å². The number of aromatic nitrogens is 3. The number of pyridine rings is 3. The quantitative estimate of drug-likeness (QED) is 0.217. The molecule has 2 aliphatic rings. The highest BCUT2D eigenvalue weighted by molar-refractivity contribution is 5.94. The van der Waals surface area contributed by atoms with Crippen molar-refractivity contribution in [3.63, 3.8) is 0 Å². The molecule has 0 radical (unpaired) electrons. The molecule has 0 spiro atoms. The Morgan fingerprint density at radius 3 is 2.08 bits per heavy atom. The molecule has 1 aliphatic carbocycles. The predicted molar refractivity (Wildman–Crippen MR) is 199 cm³/mol. The van der Waals surface area contributed by atoms with Crippen LogP contribution in [0.25, 0.3) is 11.3 Å². The van der Waals surface area contributed by atoms with Crippen LogP contribution < -0.4 is 4.90 Å². The minimum absolute atomic E-state index is 0.186. The van der Waals surface area contributed by atoms with Crippen molar-refractivity contribution in [2.45, 2.75) is 123 Å². The lowest BCUT2D eigenvalue weighted by atomic mass is 10.0. The van der Waals surface area contributed by atoms with Gasteiger partial charge in [0.2, 0.25) is 0 Å². The highest BCUT2D eigenvalue weighted by Gasteiger charge is 2.35. The van der Waals surface area contributed by atoms with E-state index >= 15 is 0 Å². The number of ether oxygens (including phenoxy) is 3. The van der Waals surface area contributed by atoms with Gasteiger partial charge < -0.3 is 24.0 Å². The van der Waals surface area contributed by atoms with Crippen LogP contribution in [-0.2, 0) is 20.8 Å². The van der Waals surface area contributed by atoms with Crippen molar-refractivity contribution < 1.29 is 28.6 Å². The summed E-state index contributed by atoms with van der Waals surface area (Å²) < 4.78 is 17.2. The fraction of sp³-hybridized carbons (Fsp3) is 0.525. The largest absolute Gasteiger partial charge is 0.444 e. The number of rotatable bonds is 7. The third-order valence-electron chi connectivity index (χ3n) is 8.42. The highest BCUT2D eigenvalue weighted by Crippen LogP contribution is 2.43. The van der Waals surface area contributed by atoms with Gasteiger partial charge in [-0.25, -0.2) is 29.3 Å². The second-order valence-electron chi connectivity index (χ2n) is 16.6. The molecule has 0 bridgehead atoms. The SMILES string of the molecule is CC(C)(C)OC(=O)N1CCC(N(Cc2cncc(-c3cc(C4CC4)cc(N(C(=O)OC(C)(C)C)c4cc(C#N)ccn4)n3)c2)C(=O)OC(C)(C)C)CC1. The maximum atomic E-state index is 13.8. The van der Waals surface area contributed by atoms with Gasteiger partial charge in [0.15, 0.2) is 0 Å². The zero-order chi connectivity index (χ0) is 38.7. The second kappa shape index (κ2) is 15.4. The summed E-state index contributed by atoms with van der Waals surface area (Å²) in [5.41, 5.74) is 1.26. The number of amides is 3. The number of carbonyl (C=O) groups excluding carboxylic acids is 3. The molecule has 0 aromatic carbocycles. The molecule has 5 rings (SSSR count). The number of piperidine rings is 1. The Labute approximate surface area is 312 Å². The molecule has 2 fully saturated rings. The lowest BCUT2D eigenvalue weighted by molar-refractivity contribution is -0.00145. The molecule has 53 heavy (non-hydrogen) atoms. The van der Waals surface area contributed by atoms with Gasteiger partial charge in [-0.15, -0.1) is 0 Å². The van der Waals surface area contributed by atoms with Crippen molar-refractivity contribution in [2.75, 3.05) is 18.0 Å². The van der Waals surface area contributed by atoms with Crippen LogP contribution in [0.1, 0.15) is 111 Å². The van der Waals surface area contributed by atoms with Crippen LogP contribution in [0.15, 0.2) is 48.9 Å². The summed E-state index contributed by atoms with van der Waals surface area (Å²) in [6, 6.07) is 10.8. The van der Waals surface area contributed by atoms with E-state index in [1.807, 2.05) is 59.7 Å². The van der Waals surface area contributed by atoms with Crippen LogP contribution >= 0.6 is 0 Å². The van der Waals surface area contributed by atoms with Crippen LogP contribution in [0.2, 0.25) is 0 Å². The third-order valence-corrected chi connectivity index (χ3v) is 8.42. The van der Waals surface area contributed by atoms with Gasteiger partial charge in [0.1, 0.15) is 28.4 Å². The van der Waals surface area contributed by atoms with Crippen molar-refractivity contribution >= 4 is 29.9 Å². The van der Waals surface area contributed by atoms with Gasteiger partial charge in [-0.3, -0.25) is 4.98 Å². The van der Waals surface area contributed by atoms with Gasteiger partial charge >= 0.3 is 18.3 Å². The summed E-state index contributed by atoms with van der Waals surface area (Å²) in [6.45, 7) is 17.5. The maximum Gasteiger partial charge on any atom is 0.421 e. The molecule has 3 aromatic rings. The van der Waals surface area contributed by atoms with Gasteiger partial charge in [-0.05, 0) is 135 Å². The first-order chi connectivity index (χ1) is 24.8. The van der Waals surface area contributed by atoms with Crippen molar-refractivity contribution in [3.8, 4) is 17.3 Å². The Kier molecular flexibility index (Phi) is 11.3.